The Morgan fingerprint density at radius 2 is 2.08 bits per heavy atom. The van der Waals surface area contributed by atoms with Crippen LogP contribution in [0.25, 0.3) is 0 Å². The third kappa shape index (κ3) is 2.46. The van der Waals surface area contributed by atoms with Gasteiger partial charge in [-0.05, 0) is 24.7 Å². The summed E-state index contributed by atoms with van der Waals surface area (Å²) in [4.78, 5) is 0. The number of rotatable bonds is 6. The summed E-state index contributed by atoms with van der Waals surface area (Å²) in [5.74, 6) is 0. The van der Waals surface area contributed by atoms with Crippen LogP contribution in [0.15, 0.2) is 0 Å². The first kappa shape index (κ1) is 10.0. The molecule has 0 aromatic rings. The Morgan fingerprint density at radius 1 is 1.33 bits per heavy atom. The minimum atomic E-state index is 0.632. The molecule has 0 unspecified atom stereocenters. The van der Waals surface area contributed by atoms with Crippen LogP contribution < -0.4 is 5.32 Å². The van der Waals surface area contributed by atoms with E-state index in [9.17, 15) is 0 Å². The molecular weight excluding hydrogens is 150 g/mol. The maximum Gasteiger partial charge on any atom is 0.0462 e. The number of methoxy groups -OCH3 is 1. The van der Waals surface area contributed by atoms with Gasteiger partial charge in [0.15, 0.2) is 0 Å². The summed E-state index contributed by atoms with van der Waals surface area (Å²) < 4.78 is 5.06. The molecule has 2 heteroatoms. The second-order valence-electron chi connectivity index (χ2n) is 3.95. The first-order chi connectivity index (χ1) is 5.83. The topological polar surface area (TPSA) is 21.3 Å². The zero-order valence-electron chi connectivity index (χ0n) is 8.36. The lowest BCUT2D eigenvalue weighted by molar-refractivity contribution is 0.110. The Kier molecular flexibility index (Phi) is 4.02. The summed E-state index contributed by atoms with van der Waals surface area (Å²) >= 11 is 0. The third-order valence-corrected chi connectivity index (χ3v) is 2.84. The molecule has 1 rings (SSSR count). The Hall–Kier alpha value is -0.0800. The fourth-order valence-corrected chi connectivity index (χ4v) is 2.08. The molecule has 0 atom stereocenters. The molecule has 1 fully saturated rings. The predicted molar refractivity (Wildman–Crippen MR) is 51.3 cm³/mol. The van der Waals surface area contributed by atoms with E-state index in [2.05, 4.69) is 12.2 Å². The fraction of sp³-hybridized carbons (Fsp3) is 1.00. The molecule has 1 heterocycles. The van der Waals surface area contributed by atoms with Gasteiger partial charge in [0.2, 0.25) is 0 Å². The minimum absolute atomic E-state index is 0.632. The number of hydrogen-bond donors (Lipinski definition) is 1. The highest BCUT2D eigenvalue weighted by Crippen LogP contribution is 2.33. The molecule has 0 aromatic heterocycles. The second-order valence-corrected chi connectivity index (χ2v) is 3.95. The van der Waals surface area contributed by atoms with Crippen molar-refractivity contribution in [1.82, 2.24) is 5.32 Å². The van der Waals surface area contributed by atoms with E-state index in [4.69, 9.17) is 4.74 Å². The van der Waals surface area contributed by atoms with Crippen molar-refractivity contribution in [2.75, 3.05) is 26.8 Å². The Labute approximate surface area is 75.7 Å². The number of ether oxygens (including phenoxy) is 1. The van der Waals surface area contributed by atoms with Gasteiger partial charge in [-0.1, -0.05) is 13.3 Å². The highest BCUT2D eigenvalue weighted by atomic mass is 16.5. The van der Waals surface area contributed by atoms with Crippen molar-refractivity contribution in [3.63, 3.8) is 0 Å². The molecule has 0 aliphatic carbocycles. The zero-order valence-corrected chi connectivity index (χ0v) is 8.36. The fourth-order valence-electron chi connectivity index (χ4n) is 2.08. The van der Waals surface area contributed by atoms with E-state index in [0.29, 0.717) is 5.41 Å². The van der Waals surface area contributed by atoms with Crippen LogP contribution in [-0.4, -0.2) is 26.8 Å². The van der Waals surface area contributed by atoms with Gasteiger partial charge in [-0.25, -0.2) is 0 Å². The van der Waals surface area contributed by atoms with Crippen LogP contribution in [0.4, 0.5) is 0 Å². The van der Waals surface area contributed by atoms with Gasteiger partial charge in [0.1, 0.15) is 0 Å². The van der Waals surface area contributed by atoms with Gasteiger partial charge >= 0.3 is 0 Å². The summed E-state index contributed by atoms with van der Waals surface area (Å²) in [5.41, 5.74) is 0.632. The largest absolute Gasteiger partial charge is 0.385 e. The van der Waals surface area contributed by atoms with Crippen molar-refractivity contribution < 1.29 is 4.74 Å². The second kappa shape index (κ2) is 4.83. The van der Waals surface area contributed by atoms with Crippen LogP contribution in [-0.2, 0) is 4.74 Å². The molecule has 0 radical (unpaired) electrons. The van der Waals surface area contributed by atoms with Crippen molar-refractivity contribution in [3.05, 3.63) is 0 Å². The normalized spacial score (nSPS) is 20.5. The monoisotopic (exact) mass is 171 g/mol. The Balaban J connectivity index is 2.15. The van der Waals surface area contributed by atoms with Crippen LogP contribution in [0.3, 0.4) is 0 Å². The van der Waals surface area contributed by atoms with E-state index in [1.807, 2.05) is 0 Å². The Bertz CT molecular complexity index is 121. The molecule has 0 aromatic carbocycles. The lowest BCUT2D eigenvalue weighted by Gasteiger charge is -2.43. The maximum atomic E-state index is 5.06. The van der Waals surface area contributed by atoms with Gasteiger partial charge < -0.3 is 10.1 Å². The summed E-state index contributed by atoms with van der Waals surface area (Å²) in [6, 6.07) is 0. The van der Waals surface area contributed by atoms with E-state index < -0.39 is 0 Å². The minimum Gasteiger partial charge on any atom is -0.385 e. The molecule has 0 spiro atoms. The predicted octanol–water partition coefficient (Wildman–Crippen LogP) is 1.80. The molecule has 72 valence electrons. The van der Waals surface area contributed by atoms with Crippen molar-refractivity contribution >= 4 is 0 Å². The quantitative estimate of drug-likeness (QED) is 0.615. The average Bonchev–Trinajstić information content (AvgIpc) is 2.00. The smallest absolute Gasteiger partial charge is 0.0462 e. The van der Waals surface area contributed by atoms with Crippen LogP contribution in [0.5, 0.6) is 0 Å². The first-order valence-electron chi connectivity index (χ1n) is 5.03. The summed E-state index contributed by atoms with van der Waals surface area (Å²) in [5, 5.41) is 3.37. The molecular formula is C10H21NO. The van der Waals surface area contributed by atoms with Gasteiger partial charge in [-0.15, -0.1) is 0 Å². The summed E-state index contributed by atoms with van der Waals surface area (Å²) in [7, 11) is 1.78. The van der Waals surface area contributed by atoms with Crippen LogP contribution in [0.2, 0.25) is 0 Å². The van der Waals surface area contributed by atoms with Crippen molar-refractivity contribution in [1.29, 1.82) is 0 Å². The lowest BCUT2D eigenvalue weighted by Crippen LogP contribution is -2.53. The van der Waals surface area contributed by atoms with Gasteiger partial charge in [-0.3, -0.25) is 0 Å². The highest BCUT2D eigenvalue weighted by Gasteiger charge is 2.34. The number of nitrogens with one attached hydrogen (secondary N) is 1. The van der Waals surface area contributed by atoms with Gasteiger partial charge in [0.25, 0.3) is 0 Å². The molecule has 1 N–H and O–H groups in total. The average molecular weight is 171 g/mol. The van der Waals surface area contributed by atoms with E-state index in [-0.39, 0.29) is 0 Å². The zero-order chi connectivity index (χ0) is 8.86. The Morgan fingerprint density at radius 3 is 2.50 bits per heavy atom. The van der Waals surface area contributed by atoms with Gasteiger partial charge in [0.05, 0.1) is 0 Å². The molecule has 0 bridgehead atoms. The SMILES string of the molecule is CCCC1(CCCOC)CNC1. The van der Waals surface area contributed by atoms with Crippen molar-refractivity contribution in [2.24, 2.45) is 5.41 Å². The molecule has 1 saturated heterocycles. The van der Waals surface area contributed by atoms with E-state index >= 15 is 0 Å². The molecule has 0 saturated carbocycles. The standard InChI is InChI=1S/C10H21NO/c1-3-5-10(8-11-9-10)6-4-7-12-2/h11H,3-9H2,1-2H3. The van der Waals surface area contributed by atoms with Crippen molar-refractivity contribution in [2.45, 2.75) is 32.6 Å². The van der Waals surface area contributed by atoms with Crippen LogP contribution >= 0.6 is 0 Å². The first-order valence-corrected chi connectivity index (χ1v) is 5.03. The van der Waals surface area contributed by atoms with Crippen LogP contribution in [0, 0.1) is 5.41 Å². The van der Waals surface area contributed by atoms with E-state index in [1.165, 1.54) is 38.8 Å². The lowest BCUT2D eigenvalue weighted by atomic mass is 9.74. The van der Waals surface area contributed by atoms with Crippen molar-refractivity contribution in [3.8, 4) is 0 Å². The van der Waals surface area contributed by atoms with E-state index in [1.54, 1.807) is 7.11 Å². The third-order valence-electron chi connectivity index (χ3n) is 2.84. The molecule has 0 amide bonds. The number of hydrogen-bond acceptors (Lipinski definition) is 2. The maximum absolute atomic E-state index is 5.06. The summed E-state index contributed by atoms with van der Waals surface area (Å²) in [6.07, 6.45) is 5.25. The van der Waals surface area contributed by atoms with Gasteiger partial charge in [0, 0.05) is 26.8 Å². The molecule has 1 aliphatic rings. The molecule has 2 nitrogen and oxygen atoms in total. The van der Waals surface area contributed by atoms with E-state index in [0.717, 1.165) is 6.61 Å². The molecule has 12 heavy (non-hydrogen) atoms. The molecule has 1 aliphatic heterocycles. The summed E-state index contributed by atoms with van der Waals surface area (Å²) in [6.45, 7) is 5.65. The highest BCUT2D eigenvalue weighted by molar-refractivity contribution is 4.91. The van der Waals surface area contributed by atoms with Crippen LogP contribution in [0.1, 0.15) is 32.6 Å². The van der Waals surface area contributed by atoms with Gasteiger partial charge in [-0.2, -0.15) is 0 Å².